The van der Waals surface area contributed by atoms with E-state index in [0.717, 1.165) is 43.1 Å². The van der Waals surface area contributed by atoms with Crippen LogP contribution in [0.25, 0.3) is 10.9 Å². The van der Waals surface area contributed by atoms with Gasteiger partial charge >= 0.3 is 0 Å². The lowest BCUT2D eigenvalue weighted by Gasteiger charge is -2.31. The Kier molecular flexibility index (Phi) is 7.02. The summed E-state index contributed by atoms with van der Waals surface area (Å²) in [5, 5.41) is 4.73. The summed E-state index contributed by atoms with van der Waals surface area (Å²) in [4.78, 5) is 8.40. The third-order valence-corrected chi connectivity index (χ3v) is 7.76. The number of nitrogens with zero attached hydrogens (tertiary/aromatic N) is 2. The minimum atomic E-state index is 0.557. The van der Waals surface area contributed by atoms with Crippen LogP contribution in [0.2, 0.25) is 0 Å². The quantitative estimate of drug-likeness (QED) is 0.309. The van der Waals surface area contributed by atoms with E-state index < -0.39 is 0 Å². The Morgan fingerprint density at radius 1 is 1.24 bits per heavy atom. The molecule has 0 radical (unpaired) electrons. The highest BCUT2D eigenvalue weighted by atomic mass is 32.2. The molecule has 0 spiro atoms. The van der Waals surface area contributed by atoms with Gasteiger partial charge in [-0.2, -0.15) is 0 Å². The molecule has 1 N–H and O–H groups in total. The Morgan fingerprint density at radius 2 is 2.12 bits per heavy atom. The van der Waals surface area contributed by atoms with Gasteiger partial charge in [0.1, 0.15) is 12.2 Å². The van der Waals surface area contributed by atoms with E-state index in [1.54, 1.807) is 0 Å². The van der Waals surface area contributed by atoms with Crippen LogP contribution in [0.1, 0.15) is 24.5 Å². The fraction of sp³-hybridized carbons (Fsp3) is 0.276. The number of thioether (sulfide) groups is 1. The van der Waals surface area contributed by atoms with Crippen LogP contribution in [-0.4, -0.2) is 29.7 Å². The van der Waals surface area contributed by atoms with Crippen LogP contribution < -0.4 is 10.1 Å². The Bertz CT molecular complexity index is 1230. The van der Waals surface area contributed by atoms with Gasteiger partial charge in [-0.15, -0.1) is 11.8 Å². The molecule has 3 heterocycles. The molecule has 0 saturated heterocycles. The number of hydrogen-bond donors (Lipinski definition) is 1. The number of fused-ring (bicyclic) bond motifs is 3. The smallest absolute Gasteiger partial charge is 0.152 e. The molecule has 0 aliphatic carbocycles. The first-order chi connectivity index (χ1) is 16.7. The van der Waals surface area contributed by atoms with E-state index in [4.69, 9.17) is 9.72 Å². The second kappa shape index (κ2) is 10.5. The van der Waals surface area contributed by atoms with Crippen LogP contribution in [0, 0.1) is 5.92 Å². The Morgan fingerprint density at radius 3 is 2.97 bits per heavy atom. The maximum Gasteiger partial charge on any atom is 0.152 e. The lowest BCUT2D eigenvalue weighted by atomic mass is 9.98. The van der Waals surface area contributed by atoms with E-state index >= 15 is 0 Å². The van der Waals surface area contributed by atoms with E-state index in [1.165, 1.54) is 32.7 Å². The van der Waals surface area contributed by atoms with E-state index in [0.29, 0.717) is 12.6 Å². The summed E-state index contributed by atoms with van der Waals surface area (Å²) in [5.74, 6) is 2.43. The molecular formula is C29H31N3OS. The van der Waals surface area contributed by atoms with Crippen molar-refractivity contribution in [2.45, 2.75) is 30.5 Å². The molecule has 3 aromatic rings. The minimum Gasteiger partial charge on any atom is -0.475 e. The molecule has 4 nitrogen and oxygen atoms in total. The van der Waals surface area contributed by atoms with Crippen molar-refractivity contribution in [3.63, 3.8) is 0 Å². The van der Waals surface area contributed by atoms with Gasteiger partial charge in [-0.3, -0.25) is 9.88 Å². The van der Waals surface area contributed by atoms with Crippen LogP contribution in [0.4, 0.5) is 0 Å². The lowest BCUT2D eigenvalue weighted by molar-refractivity contribution is 0.0926. The van der Waals surface area contributed by atoms with E-state index in [-0.39, 0.29) is 0 Å². The molecule has 1 atom stereocenters. The molecule has 1 unspecified atom stereocenters. The van der Waals surface area contributed by atoms with Crippen molar-refractivity contribution in [1.29, 1.82) is 0 Å². The third-order valence-electron chi connectivity index (χ3n) is 6.70. The number of ether oxygens (including phenoxy) is 1. The first-order valence-electron chi connectivity index (χ1n) is 11.9. The Labute approximate surface area is 206 Å². The van der Waals surface area contributed by atoms with Gasteiger partial charge in [-0.25, -0.2) is 0 Å². The highest BCUT2D eigenvalue weighted by Crippen LogP contribution is 2.37. The average molecular weight is 470 g/mol. The summed E-state index contributed by atoms with van der Waals surface area (Å²) in [5.41, 5.74) is 6.22. The molecule has 0 saturated carbocycles. The van der Waals surface area contributed by atoms with Crippen molar-refractivity contribution in [3.05, 3.63) is 102 Å². The largest absolute Gasteiger partial charge is 0.475 e. The predicted molar refractivity (Wildman–Crippen MR) is 142 cm³/mol. The van der Waals surface area contributed by atoms with E-state index in [1.807, 2.05) is 36.2 Å². The minimum absolute atomic E-state index is 0.557. The fourth-order valence-electron chi connectivity index (χ4n) is 4.77. The number of rotatable bonds is 8. The van der Waals surface area contributed by atoms with Crippen molar-refractivity contribution in [1.82, 2.24) is 15.2 Å². The lowest BCUT2D eigenvalue weighted by Crippen LogP contribution is -2.34. The van der Waals surface area contributed by atoms with Gasteiger partial charge in [0.15, 0.2) is 5.75 Å². The molecule has 0 fully saturated rings. The number of benzene rings is 2. The summed E-state index contributed by atoms with van der Waals surface area (Å²) in [7, 11) is 0. The summed E-state index contributed by atoms with van der Waals surface area (Å²) in [6, 6.07) is 17.1. The molecule has 1 aromatic heterocycles. The topological polar surface area (TPSA) is 37.4 Å². The van der Waals surface area contributed by atoms with Crippen LogP contribution in [0.5, 0.6) is 5.75 Å². The molecule has 2 aromatic carbocycles. The molecule has 0 amide bonds. The molecule has 5 rings (SSSR count). The van der Waals surface area contributed by atoms with Gasteiger partial charge < -0.3 is 10.1 Å². The van der Waals surface area contributed by atoms with E-state index in [9.17, 15) is 0 Å². The van der Waals surface area contributed by atoms with Crippen LogP contribution in [0.3, 0.4) is 0 Å². The van der Waals surface area contributed by atoms with Gasteiger partial charge in [0.2, 0.25) is 0 Å². The van der Waals surface area contributed by atoms with Gasteiger partial charge in [0, 0.05) is 59.0 Å². The van der Waals surface area contributed by atoms with Gasteiger partial charge in [-0.05, 0) is 54.8 Å². The van der Waals surface area contributed by atoms with Crippen molar-refractivity contribution in [2.24, 2.45) is 5.92 Å². The highest BCUT2D eigenvalue weighted by Gasteiger charge is 2.25. The second-order valence-electron chi connectivity index (χ2n) is 8.91. The summed E-state index contributed by atoms with van der Waals surface area (Å²) < 4.78 is 6.29. The standard InChI is InChI=1S/C29H31N3OS/c1-3-4-12-27-21(2)22(17-31-27)13-15-32-18-23-16-24(19-34-25-9-6-5-7-10-25)26-11-8-14-30-28(26)29(23)33-20-32/h3-12,14,16,22,31H,1,13,15,17-20H2,2H3/b12-4-. The molecule has 0 bridgehead atoms. The number of allylic oxidation sites excluding steroid dienone is 3. The zero-order valence-electron chi connectivity index (χ0n) is 19.7. The van der Waals surface area contributed by atoms with Crippen molar-refractivity contribution in [2.75, 3.05) is 19.8 Å². The van der Waals surface area contributed by atoms with Gasteiger partial charge in [-0.1, -0.05) is 43.0 Å². The maximum atomic E-state index is 6.29. The summed E-state index contributed by atoms with van der Waals surface area (Å²) >= 11 is 1.87. The fourth-order valence-corrected chi connectivity index (χ4v) is 5.68. The van der Waals surface area contributed by atoms with Crippen molar-refractivity contribution >= 4 is 22.7 Å². The SMILES string of the molecule is C=C/C=C\C1=C(C)C(CCN2COc3c(cc(CSc4ccccc4)c4cccnc34)C2)CN1. The first kappa shape index (κ1) is 22.8. The first-order valence-corrected chi connectivity index (χ1v) is 12.9. The maximum absolute atomic E-state index is 6.29. The normalized spacial score (nSPS) is 18.2. The highest BCUT2D eigenvalue weighted by molar-refractivity contribution is 7.98. The molecule has 2 aliphatic rings. The predicted octanol–water partition coefficient (Wildman–Crippen LogP) is 6.30. The van der Waals surface area contributed by atoms with Gasteiger partial charge in [0.25, 0.3) is 0 Å². The average Bonchev–Trinajstić information content (AvgIpc) is 3.24. The number of aromatic nitrogens is 1. The van der Waals surface area contributed by atoms with E-state index in [2.05, 4.69) is 72.3 Å². The Balaban J connectivity index is 1.31. The monoisotopic (exact) mass is 469 g/mol. The molecular weight excluding hydrogens is 438 g/mol. The van der Waals surface area contributed by atoms with Crippen LogP contribution in [0.15, 0.2) is 95.7 Å². The molecule has 2 aliphatic heterocycles. The Hall–Kier alpha value is -3.02. The summed E-state index contributed by atoms with van der Waals surface area (Å²) in [6.45, 7) is 9.54. The number of pyridine rings is 1. The zero-order valence-corrected chi connectivity index (χ0v) is 20.5. The van der Waals surface area contributed by atoms with Crippen LogP contribution >= 0.6 is 11.8 Å². The zero-order chi connectivity index (χ0) is 23.3. The van der Waals surface area contributed by atoms with Gasteiger partial charge in [0.05, 0.1) is 0 Å². The number of nitrogens with one attached hydrogen (secondary N) is 1. The van der Waals surface area contributed by atoms with Crippen molar-refractivity contribution in [3.8, 4) is 5.75 Å². The molecule has 5 heteroatoms. The summed E-state index contributed by atoms with van der Waals surface area (Å²) in [6.07, 6.45) is 8.92. The number of hydrogen-bond acceptors (Lipinski definition) is 5. The second-order valence-corrected chi connectivity index (χ2v) is 9.96. The third kappa shape index (κ3) is 4.91. The van der Waals surface area contributed by atoms with Crippen LogP contribution in [-0.2, 0) is 12.3 Å². The van der Waals surface area contributed by atoms with Crippen molar-refractivity contribution < 1.29 is 4.74 Å². The molecule has 174 valence electrons. The molecule has 34 heavy (non-hydrogen) atoms.